The van der Waals surface area contributed by atoms with Crippen LogP contribution >= 0.6 is 0 Å². The van der Waals surface area contributed by atoms with Gasteiger partial charge in [-0.25, -0.2) is 4.98 Å². The Kier molecular flexibility index (Phi) is 5.74. The summed E-state index contributed by atoms with van der Waals surface area (Å²) in [6, 6.07) is 0.666. The fourth-order valence-corrected chi connectivity index (χ4v) is 3.24. The molecule has 0 radical (unpaired) electrons. The highest BCUT2D eigenvalue weighted by Gasteiger charge is 2.22. The van der Waals surface area contributed by atoms with Gasteiger partial charge in [-0.2, -0.15) is 0 Å². The standard InChI is InChI=1S/C16H29N3/c1-3-5-11-17-16-18-12-13-19(16)15-9-7-14(6-4-2)8-10-15/h12-15H,3-11H2,1-2H3,(H,17,18). The molecule has 2 rings (SSSR count). The second-order valence-corrected chi connectivity index (χ2v) is 5.90. The molecular formula is C16H29N3. The van der Waals surface area contributed by atoms with E-state index in [2.05, 4.69) is 34.9 Å². The van der Waals surface area contributed by atoms with Crippen LogP contribution in [0.4, 0.5) is 5.95 Å². The zero-order chi connectivity index (χ0) is 13.5. The average molecular weight is 263 g/mol. The zero-order valence-corrected chi connectivity index (χ0v) is 12.6. The fourth-order valence-electron chi connectivity index (χ4n) is 3.24. The molecule has 1 aliphatic rings. The monoisotopic (exact) mass is 263 g/mol. The zero-order valence-electron chi connectivity index (χ0n) is 12.6. The van der Waals surface area contributed by atoms with Crippen LogP contribution in [0.25, 0.3) is 0 Å². The maximum absolute atomic E-state index is 4.47. The number of imidazole rings is 1. The molecule has 1 heterocycles. The largest absolute Gasteiger partial charge is 0.356 e. The minimum Gasteiger partial charge on any atom is -0.356 e. The van der Waals surface area contributed by atoms with Crippen molar-refractivity contribution in [1.82, 2.24) is 9.55 Å². The Labute approximate surface area is 117 Å². The van der Waals surface area contributed by atoms with Gasteiger partial charge in [-0.15, -0.1) is 0 Å². The van der Waals surface area contributed by atoms with Crippen LogP contribution in [-0.4, -0.2) is 16.1 Å². The van der Waals surface area contributed by atoms with Crippen molar-refractivity contribution in [3.8, 4) is 0 Å². The Balaban J connectivity index is 1.87. The maximum Gasteiger partial charge on any atom is 0.203 e. The van der Waals surface area contributed by atoms with E-state index in [9.17, 15) is 0 Å². The molecule has 1 saturated carbocycles. The van der Waals surface area contributed by atoms with E-state index in [1.165, 1.54) is 51.4 Å². The summed E-state index contributed by atoms with van der Waals surface area (Å²) in [5, 5.41) is 3.48. The lowest BCUT2D eigenvalue weighted by molar-refractivity contribution is 0.264. The van der Waals surface area contributed by atoms with Gasteiger partial charge in [0.15, 0.2) is 0 Å². The second kappa shape index (κ2) is 7.56. The van der Waals surface area contributed by atoms with Crippen molar-refractivity contribution in [3.05, 3.63) is 12.4 Å². The summed E-state index contributed by atoms with van der Waals surface area (Å²) in [5.41, 5.74) is 0. The van der Waals surface area contributed by atoms with E-state index in [1.54, 1.807) is 0 Å². The van der Waals surface area contributed by atoms with Crippen molar-refractivity contribution in [2.24, 2.45) is 5.92 Å². The Bertz CT molecular complexity index is 351. The molecule has 0 amide bonds. The van der Waals surface area contributed by atoms with Gasteiger partial charge >= 0.3 is 0 Å². The molecule has 0 atom stereocenters. The minimum atomic E-state index is 0.666. The van der Waals surface area contributed by atoms with Crippen molar-refractivity contribution in [3.63, 3.8) is 0 Å². The highest BCUT2D eigenvalue weighted by Crippen LogP contribution is 2.35. The summed E-state index contributed by atoms with van der Waals surface area (Å²) < 4.78 is 2.37. The van der Waals surface area contributed by atoms with Crippen LogP contribution in [-0.2, 0) is 0 Å². The molecular weight excluding hydrogens is 234 g/mol. The number of rotatable bonds is 7. The lowest BCUT2D eigenvalue weighted by Crippen LogP contribution is -2.19. The quantitative estimate of drug-likeness (QED) is 0.727. The summed E-state index contributed by atoms with van der Waals surface area (Å²) in [7, 11) is 0. The Morgan fingerprint density at radius 3 is 2.68 bits per heavy atom. The van der Waals surface area contributed by atoms with E-state index in [4.69, 9.17) is 0 Å². The summed E-state index contributed by atoms with van der Waals surface area (Å²) in [6.07, 6.45) is 14.7. The number of nitrogens with one attached hydrogen (secondary N) is 1. The van der Waals surface area contributed by atoms with Crippen LogP contribution in [0.15, 0.2) is 12.4 Å². The minimum absolute atomic E-state index is 0.666. The SMILES string of the molecule is CCCCNc1nccn1C1CCC(CCC)CC1. The van der Waals surface area contributed by atoms with Gasteiger partial charge in [0.1, 0.15) is 0 Å². The van der Waals surface area contributed by atoms with Gasteiger partial charge in [-0.05, 0) is 38.0 Å². The normalized spacial score (nSPS) is 23.5. The van der Waals surface area contributed by atoms with E-state index in [0.29, 0.717) is 6.04 Å². The molecule has 1 aromatic rings. The first kappa shape index (κ1) is 14.4. The molecule has 0 aromatic carbocycles. The highest BCUT2D eigenvalue weighted by atomic mass is 15.2. The number of unbranched alkanes of at least 4 members (excludes halogenated alkanes) is 1. The van der Waals surface area contributed by atoms with Crippen molar-refractivity contribution < 1.29 is 0 Å². The number of nitrogens with zero attached hydrogens (tertiary/aromatic N) is 2. The molecule has 1 aromatic heterocycles. The van der Waals surface area contributed by atoms with Gasteiger partial charge in [-0.3, -0.25) is 0 Å². The number of hydrogen-bond donors (Lipinski definition) is 1. The highest BCUT2D eigenvalue weighted by molar-refractivity contribution is 5.26. The van der Waals surface area contributed by atoms with Crippen LogP contribution in [0, 0.1) is 5.92 Å². The summed E-state index contributed by atoms with van der Waals surface area (Å²) in [5.74, 6) is 2.05. The van der Waals surface area contributed by atoms with Crippen LogP contribution < -0.4 is 5.32 Å². The van der Waals surface area contributed by atoms with Gasteiger partial charge in [0, 0.05) is 25.0 Å². The topological polar surface area (TPSA) is 29.9 Å². The molecule has 0 bridgehead atoms. The molecule has 1 aliphatic carbocycles. The van der Waals surface area contributed by atoms with Crippen molar-refractivity contribution in [2.75, 3.05) is 11.9 Å². The average Bonchev–Trinajstić information content (AvgIpc) is 2.89. The first-order chi connectivity index (χ1) is 9.35. The van der Waals surface area contributed by atoms with Crippen LogP contribution in [0.3, 0.4) is 0 Å². The molecule has 0 aliphatic heterocycles. The first-order valence-corrected chi connectivity index (χ1v) is 8.11. The van der Waals surface area contributed by atoms with Crippen molar-refractivity contribution in [1.29, 1.82) is 0 Å². The molecule has 1 N–H and O–H groups in total. The van der Waals surface area contributed by atoms with Crippen LogP contribution in [0.1, 0.15) is 71.3 Å². The molecule has 3 heteroatoms. The smallest absolute Gasteiger partial charge is 0.203 e. The molecule has 3 nitrogen and oxygen atoms in total. The predicted octanol–water partition coefficient (Wildman–Crippen LogP) is 4.63. The van der Waals surface area contributed by atoms with Gasteiger partial charge in [0.25, 0.3) is 0 Å². The molecule has 0 saturated heterocycles. The van der Waals surface area contributed by atoms with Gasteiger partial charge < -0.3 is 9.88 Å². The van der Waals surface area contributed by atoms with Crippen LogP contribution in [0.5, 0.6) is 0 Å². The predicted molar refractivity (Wildman–Crippen MR) is 81.5 cm³/mol. The third-order valence-corrected chi connectivity index (χ3v) is 4.39. The Hall–Kier alpha value is -0.990. The van der Waals surface area contributed by atoms with Crippen molar-refractivity contribution in [2.45, 2.75) is 71.3 Å². The summed E-state index contributed by atoms with van der Waals surface area (Å²) in [4.78, 5) is 4.47. The fraction of sp³-hybridized carbons (Fsp3) is 0.812. The lowest BCUT2D eigenvalue weighted by Gasteiger charge is -2.30. The number of anilines is 1. The lowest BCUT2D eigenvalue weighted by atomic mass is 9.83. The van der Waals surface area contributed by atoms with E-state index in [1.807, 2.05) is 6.20 Å². The van der Waals surface area contributed by atoms with E-state index in [-0.39, 0.29) is 0 Å². The first-order valence-electron chi connectivity index (χ1n) is 8.11. The molecule has 1 fully saturated rings. The third-order valence-electron chi connectivity index (χ3n) is 4.39. The van der Waals surface area contributed by atoms with E-state index in [0.717, 1.165) is 18.4 Å². The molecule has 0 spiro atoms. The van der Waals surface area contributed by atoms with Crippen LogP contribution in [0.2, 0.25) is 0 Å². The third kappa shape index (κ3) is 3.99. The van der Waals surface area contributed by atoms with Gasteiger partial charge in [0.2, 0.25) is 5.95 Å². The van der Waals surface area contributed by atoms with Crippen molar-refractivity contribution >= 4 is 5.95 Å². The number of aromatic nitrogens is 2. The number of hydrogen-bond acceptors (Lipinski definition) is 2. The Morgan fingerprint density at radius 2 is 2.00 bits per heavy atom. The summed E-state index contributed by atoms with van der Waals surface area (Å²) in [6.45, 7) is 5.57. The molecule has 19 heavy (non-hydrogen) atoms. The molecule has 0 unspecified atom stereocenters. The van der Waals surface area contributed by atoms with Gasteiger partial charge in [0.05, 0.1) is 0 Å². The maximum atomic E-state index is 4.47. The van der Waals surface area contributed by atoms with E-state index < -0.39 is 0 Å². The second-order valence-electron chi connectivity index (χ2n) is 5.90. The van der Waals surface area contributed by atoms with E-state index >= 15 is 0 Å². The van der Waals surface area contributed by atoms with Gasteiger partial charge in [-0.1, -0.05) is 33.1 Å². The summed E-state index contributed by atoms with van der Waals surface area (Å²) >= 11 is 0. The Morgan fingerprint density at radius 1 is 1.21 bits per heavy atom. The molecule has 108 valence electrons.